The van der Waals surface area contributed by atoms with Crippen LogP contribution in [0.25, 0.3) is 0 Å². The van der Waals surface area contributed by atoms with Crippen LogP contribution in [0.3, 0.4) is 0 Å². The molecule has 0 N–H and O–H groups in total. The van der Waals surface area contributed by atoms with Gasteiger partial charge in [0.05, 0.1) is 5.56 Å². The summed E-state index contributed by atoms with van der Waals surface area (Å²) >= 11 is 9.29. The average Bonchev–Trinajstić information content (AvgIpc) is 2.57. The van der Waals surface area contributed by atoms with Gasteiger partial charge >= 0.3 is 0 Å². The van der Waals surface area contributed by atoms with E-state index in [0.717, 1.165) is 11.3 Å². The molecule has 0 saturated carbocycles. The molecule has 0 atom stereocenters. The van der Waals surface area contributed by atoms with E-state index >= 15 is 0 Å². The third-order valence-corrected chi connectivity index (χ3v) is 4.97. The third-order valence-electron chi connectivity index (χ3n) is 4.24. The number of piperazine rings is 1. The third kappa shape index (κ3) is 3.57. The zero-order valence-electron chi connectivity index (χ0n) is 13.2. The SMILES string of the molecule is Cc1ccc(Cl)cc1N1CCN(C(=O)c2ccc(Br)cc2F)CC1. The molecular weight excluding hydrogens is 395 g/mol. The molecule has 126 valence electrons. The molecule has 6 heteroatoms. The van der Waals surface area contributed by atoms with Crippen LogP contribution in [0.1, 0.15) is 15.9 Å². The molecule has 1 aliphatic heterocycles. The van der Waals surface area contributed by atoms with Crippen molar-refractivity contribution < 1.29 is 9.18 Å². The molecule has 0 bridgehead atoms. The second-order valence-corrected chi connectivity index (χ2v) is 7.19. The second-order valence-electron chi connectivity index (χ2n) is 5.83. The van der Waals surface area contributed by atoms with Crippen LogP contribution < -0.4 is 4.90 Å². The summed E-state index contributed by atoms with van der Waals surface area (Å²) < 4.78 is 14.6. The van der Waals surface area contributed by atoms with Gasteiger partial charge in [-0.1, -0.05) is 33.6 Å². The van der Waals surface area contributed by atoms with Gasteiger partial charge in [-0.2, -0.15) is 0 Å². The Morgan fingerprint density at radius 3 is 2.50 bits per heavy atom. The smallest absolute Gasteiger partial charge is 0.256 e. The van der Waals surface area contributed by atoms with Crippen molar-refractivity contribution in [1.82, 2.24) is 4.90 Å². The maximum absolute atomic E-state index is 14.0. The Balaban J connectivity index is 1.70. The molecule has 2 aromatic rings. The van der Waals surface area contributed by atoms with Crippen molar-refractivity contribution in [2.75, 3.05) is 31.1 Å². The van der Waals surface area contributed by atoms with Crippen LogP contribution in [0.4, 0.5) is 10.1 Å². The van der Waals surface area contributed by atoms with Crippen LogP contribution in [0, 0.1) is 12.7 Å². The number of carbonyl (C=O) groups excluding carboxylic acids is 1. The summed E-state index contributed by atoms with van der Waals surface area (Å²) in [4.78, 5) is 16.4. The van der Waals surface area contributed by atoms with E-state index in [4.69, 9.17) is 11.6 Å². The van der Waals surface area contributed by atoms with Crippen molar-refractivity contribution in [3.05, 3.63) is 62.8 Å². The van der Waals surface area contributed by atoms with E-state index < -0.39 is 5.82 Å². The molecule has 0 radical (unpaired) electrons. The lowest BCUT2D eigenvalue weighted by Gasteiger charge is -2.37. The van der Waals surface area contributed by atoms with E-state index in [-0.39, 0.29) is 11.5 Å². The normalized spacial score (nSPS) is 14.8. The molecule has 1 heterocycles. The molecule has 0 aromatic heterocycles. The molecule has 1 aliphatic rings. The van der Waals surface area contributed by atoms with Crippen LogP contribution in [0.2, 0.25) is 5.02 Å². The highest BCUT2D eigenvalue weighted by molar-refractivity contribution is 9.10. The summed E-state index contributed by atoms with van der Waals surface area (Å²) in [6.07, 6.45) is 0. The first-order valence-corrected chi connectivity index (χ1v) is 8.88. The molecule has 2 aromatic carbocycles. The van der Waals surface area contributed by atoms with Gasteiger partial charge in [-0.05, 0) is 42.8 Å². The lowest BCUT2D eigenvalue weighted by Crippen LogP contribution is -2.49. The Hall–Kier alpha value is -1.59. The molecule has 24 heavy (non-hydrogen) atoms. The van der Waals surface area contributed by atoms with Gasteiger partial charge in [0.1, 0.15) is 5.82 Å². The number of hydrogen-bond acceptors (Lipinski definition) is 2. The predicted octanol–water partition coefficient (Wildman–Crippen LogP) is 4.51. The van der Waals surface area contributed by atoms with Gasteiger partial charge in [0.15, 0.2) is 0 Å². The van der Waals surface area contributed by atoms with Crippen molar-refractivity contribution in [1.29, 1.82) is 0 Å². The fourth-order valence-electron chi connectivity index (χ4n) is 2.91. The molecule has 1 amide bonds. The largest absolute Gasteiger partial charge is 0.368 e. The first-order chi connectivity index (χ1) is 11.5. The minimum absolute atomic E-state index is 0.116. The topological polar surface area (TPSA) is 23.6 Å². The van der Waals surface area contributed by atoms with Crippen molar-refractivity contribution in [3.63, 3.8) is 0 Å². The number of anilines is 1. The van der Waals surface area contributed by atoms with Crippen LogP contribution >= 0.6 is 27.5 Å². The number of halogens is 3. The number of benzene rings is 2. The fraction of sp³-hybridized carbons (Fsp3) is 0.278. The molecule has 0 unspecified atom stereocenters. The number of amides is 1. The highest BCUT2D eigenvalue weighted by atomic mass is 79.9. The summed E-state index contributed by atoms with van der Waals surface area (Å²) in [5.41, 5.74) is 2.35. The quantitative estimate of drug-likeness (QED) is 0.726. The van der Waals surface area contributed by atoms with E-state index in [0.29, 0.717) is 35.7 Å². The summed E-state index contributed by atoms with van der Waals surface area (Å²) in [6, 6.07) is 10.3. The van der Waals surface area contributed by atoms with Crippen molar-refractivity contribution in [2.45, 2.75) is 6.92 Å². The summed E-state index contributed by atoms with van der Waals surface area (Å²) in [6.45, 7) is 4.55. The van der Waals surface area contributed by atoms with E-state index in [1.807, 2.05) is 25.1 Å². The fourth-order valence-corrected chi connectivity index (χ4v) is 3.41. The van der Waals surface area contributed by atoms with Crippen molar-refractivity contribution in [3.8, 4) is 0 Å². The lowest BCUT2D eigenvalue weighted by atomic mass is 10.1. The van der Waals surface area contributed by atoms with Crippen molar-refractivity contribution >= 4 is 39.1 Å². The van der Waals surface area contributed by atoms with Gasteiger partial charge in [-0.3, -0.25) is 4.79 Å². The number of nitrogens with zero attached hydrogens (tertiary/aromatic N) is 2. The van der Waals surface area contributed by atoms with Crippen LogP contribution in [-0.2, 0) is 0 Å². The van der Waals surface area contributed by atoms with Gasteiger partial charge in [-0.15, -0.1) is 0 Å². The highest BCUT2D eigenvalue weighted by Crippen LogP contribution is 2.26. The minimum Gasteiger partial charge on any atom is -0.368 e. The van der Waals surface area contributed by atoms with Crippen LogP contribution in [0.15, 0.2) is 40.9 Å². The van der Waals surface area contributed by atoms with Gasteiger partial charge < -0.3 is 9.80 Å². The molecular formula is C18H17BrClFN2O. The first kappa shape index (κ1) is 17.2. The Bertz CT molecular complexity index is 776. The Morgan fingerprint density at radius 1 is 1.12 bits per heavy atom. The van der Waals surface area contributed by atoms with E-state index in [9.17, 15) is 9.18 Å². The van der Waals surface area contributed by atoms with Gasteiger partial charge in [-0.25, -0.2) is 4.39 Å². The Labute approximate surface area is 154 Å². The van der Waals surface area contributed by atoms with Gasteiger partial charge in [0.25, 0.3) is 5.91 Å². The van der Waals surface area contributed by atoms with Gasteiger partial charge in [0, 0.05) is 41.4 Å². The molecule has 0 aliphatic carbocycles. The molecule has 3 nitrogen and oxygen atoms in total. The summed E-state index contributed by atoms with van der Waals surface area (Å²) in [5.74, 6) is -0.759. The minimum atomic E-state index is -0.498. The number of hydrogen-bond donors (Lipinski definition) is 0. The summed E-state index contributed by atoms with van der Waals surface area (Å²) in [5, 5.41) is 0.700. The maximum atomic E-state index is 14.0. The van der Waals surface area contributed by atoms with E-state index in [1.54, 1.807) is 11.0 Å². The van der Waals surface area contributed by atoms with E-state index in [1.165, 1.54) is 12.1 Å². The molecule has 1 saturated heterocycles. The molecule has 0 spiro atoms. The first-order valence-electron chi connectivity index (χ1n) is 7.71. The number of carbonyl (C=O) groups is 1. The lowest BCUT2D eigenvalue weighted by molar-refractivity contribution is 0.0742. The second kappa shape index (κ2) is 7.11. The van der Waals surface area contributed by atoms with Crippen molar-refractivity contribution in [2.24, 2.45) is 0 Å². The van der Waals surface area contributed by atoms with Crippen LogP contribution in [-0.4, -0.2) is 37.0 Å². The van der Waals surface area contributed by atoms with Gasteiger partial charge in [0.2, 0.25) is 0 Å². The maximum Gasteiger partial charge on any atom is 0.256 e. The Morgan fingerprint density at radius 2 is 1.83 bits per heavy atom. The molecule has 1 fully saturated rings. The number of aryl methyl sites for hydroxylation is 1. The Kier molecular flexibility index (Phi) is 5.11. The van der Waals surface area contributed by atoms with Crippen LogP contribution in [0.5, 0.6) is 0 Å². The summed E-state index contributed by atoms with van der Waals surface area (Å²) in [7, 11) is 0. The highest BCUT2D eigenvalue weighted by Gasteiger charge is 2.24. The zero-order chi connectivity index (χ0) is 17.3. The standard InChI is InChI=1S/C18H17BrClFN2O/c1-12-2-4-14(20)11-17(12)22-6-8-23(9-7-22)18(24)15-5-3-13(19)10-16(15)21/h2-5,10-11H,6-9H2,1H3. The molecule has 3 rings (SSSR count). The monoisotopic (exact) mass is 410 g/mol. The predicted molar refractivity (Wildman–Crippen MR) is 98.4 cm³/mol. The van der Waals surface area contributed by atoms with E-state index in [2.05, 4.69) is 20.8 Å². The number of rotatable bonds is 2. The zero-order valence-corrected chi connectivity index (χ0v) is 15.6. The average molecular weight is 412 g/mol.